The van der Waals surface area contributed by atoms with Gasteiger partial charge in [-0.15, -0.1) is 11.3 Å². The lowest BCUT2D eigenvalue weighted by Gasteiger charge is -2.22. The zero-order valence-electron chi connectivity index (χ0n) is 11.6. The summed E-state index contributed by atoms with van der Waals surface area (Å²) in [4.78, 5) is 27.5. The maximum Gasteiger partial charge on any atom is 0.246 e. The molecule has 2 amide bonds. The van der Waals surface area contributed by atoms with Crippen LogP contribution < -0.4 is 0 Å². The van der Waals surface area contributed by atoms with Crippen LogP contribution in [0.15, 0.2) is 24.1 Å². The highest BCUT2D eigenvalue weighted by atomic mass is 32.1. The standard InChI is InChI=1S/C14H17N3O2S/c1-4-13(18)17(5-2)9-14(19)16(3)8-12-6-11(7-15)10-20-12/h4,6,10H,1,5,8-9H2,2-3H3. The predicted molar refractivity (Wildman–Crippen MR) is 78.0 cm³/mol. The molecule has 0 aliphatic rings. The van der Waals surface area contributed by atoms with Gasteiger partial charge in [-0.25, -0.2) is 0 Å². The van der Waals surface area contributed by atoms with Gasteiger partial charge in [-0.1, -0.05) is 6.58 Å². The Balaban J connectivity index is 2.60. The van der Waals surface area contributed by atoms with Crippen LogP contribution in [0.25, 0.3) is 0 Å². The minimum atomic E-state index is -0.253. The van der Waals surface area contributed by atoms with E-state index in [-0.39, 0.29) is 18.4 Å². The first-order valence-corrected chi connectivity index (χ1v) is 7.02. The molecule has 20 heavy (non-hydrogen) atoms. The van der Waals surface area contributed by atoms with Crippen molar-refractivity contribution in [1.82, 2.24) is 9.80 Å². The van der Waals surface area contributed by atoms with Crippen LogP contribution in [0.1, 0.15) is 17.4 Å². The molecule has 0 aliphatic heterocycles. The van der Waals surface area contributed by atoms with Crippen molar-refractivity contribution in [3.63, 3.8) is 0 Å². The zero-order chi connectivity index (χ0) is 15.1. The van der Waals surface area contributed by atoms with E-state index in [0.29, 0.717) is 18.7 Å². The molecule has 106 valence electrons. The Hall–Kier alpha value is -2.13. The van der Waals surface area contributed by atoms with Crippen molar-refractivity contribution in [2.45, 2.75) is 13.5 Å². The van der Waals surface area contributed by atoms with Crippen LogP contribution in [0.2, 0.25) is 0 Å². The molecule has 0 radical (unpaired) electrons. The van der Waals surface area contributed by atoms with Crippen molar-refractivity contribution < 1.29 is 9.59 Å². The van der Waals surface area contributed by atoms with E-state index in [9.17, 15) is 9.59 Å². The number of thiophene rings is 1. The molecule has 0 atom stereocenters. The smallest absolute Gasteiger partial charge is 0.246 e. The van der Waals surface area contributed by atoms with E-state index in [1.807, 2.05) is 6.92 Å². The summed E-state index contributed by atoms with van der Waals surface area (Å²) >= 11 is 1.44. The average Bonchev–Trinajstić information content (AvgIpc) is 2.91. The number of carbonyl (C=O) groups is 2. The number of amides is 2. The highest BCUT2D eigenvalue weighted by Crippen LogP contribution is 2.15. The molecule has 1 aromatic heterocycles. The summed E-state index contributed by atoms with van der Waals surface area (Å²) in [5.41, 5.74) is 0.600. The summed E-state index contributed by atoms with van der Waals surface area (Å²) in [5.74, 6) is -0.397. The van der Waals surface area contributed by atoms with Gasteiger partial charge in [0.25, 0.3) is 0 Å². The number of nitrogens with zero attached hydrogens (tertiary/aromatic N) is 3. The van der Waals surface area contributed by atoms with Gasteiger partial charge in [-0.2, -0.15) is 5.26 Å². The highest BCUT2D eigenvalue weighted by Gasteiger charge is 2.16. The zero-order valence-corrected chi connectivity index (χ0v) is 12.4. The lowest BCUT2D eigenvalue weighted by atomic mass is 10.3. The van der Waals surface area contributed by atoms with Gasteiger partial charge in [0, 0.05) is 23.8 Å². The Kier molecular flexibility index (Phi) is 5.94. The summed E-state index contributed by atoms with van der Waals surface area (Å²) in [6.45, 7) is 6.16. The Bertz CT molecular complexity index is 545. The molecule has 0 bridgehead atoms. The van der Waals surface area contributed by atoms with Crippen molar-refractivity contribution in [1.29, 1.82) is 5.26 Å². The van der Waals surface area contributed by atoms with Crippen LogP contribution >= 0.6 is 11.3 Å². The molecule has 0 fully saturated rings. The van der Waals surface area contributed by atoms with Crippen LogP contribution in [0.5, 0.6) is 0 Å². The lowest BCUT2D eigenvalue weighted by Crippen LogP contribution is -2.40. The Labute approximate surface area is 122 Å². The Morgan fingerprint density at radius 2 is 2.25 bits per heavy atom. The van der Waals surface area contributed by atoms with Crippen molar-refractivity contribution in [2.75, 3.05) is 20.1 Å². The topological polar surface area (TPSA) is 64.4 Å². The fraction of sp³-hybridized carbons (Fsp3) is 0.357. The van der Waals surface area contributed by atoms with Crippen molar-refractivity contribution >= 4 is 23.2 Å². The molecule has 0 unspecified atom stereocenters. The van der Waals surface area contributed by atoms with Crippen LogP contribution in [0.4, 0.5) is 0 Å². The molecule has 0 spiro atoms. The van der Waals surface area contributed by atoms with E-state index < -0.39 is 0 Å². The van der Waals surface area contributed by atoms with Crippen LogP contribution in [0, 0.1) is 11.3 Å². The van der Waals surface area contributed by atoms with E-state index in [0.717, 1.165) is 4.88 Å². The summed E-state index contributed by atoms with van der Waals surface area (Å²) in [5, 5.41) is 10.5. The minimum absolute atomic E-state index is 0.0360. The van der Waals surface area contributed by atoms with Gasteiger partial charge in [0.15, 0.2) is 0 Å². The summed E-state index contributed by atoms with van der Waals surface area (Å²) < 4.78 is 0. The maximum absolute atomic E-state index is 12.1. The second-order valence-electron chi connectivity index (χ2n) is 4.22. The van der Waals surface area contributed by atoms with Gasteiger partial charge in [0.05, 0.1) is 18.7 Å². The molecular weight excluding hydrogens is 274 g/mol. The van der Waals surface area contributed by atoms with E-state index in [1.54, 1.807) is 23.4 Å². The molecule has 1 heterocycles. The highest BCUT2D eigenvalue weighted by molar-refractivity contribution is 7.10. The van der Waals surface area contributed by atoms with E-state index in [1.165, 1.54) is 22.3 Å². The molecule has 0 aromatic carbocycles. The van der Waals surface area contributed by atoms with Crippen molar-refractivity contribution in [3.8, 4) is 6.07 Å². The third kappa shape index (κ3) is 4.21. The van der Waals surface area contributed by atoms with E-state index >= 15 is 0 Å². The molecule has 0 saturated heterocycles. The number of nitriles is 1. The molecule has 0 aliphatic carbocycles. The van der Waals surface area contributed by atoms with Crippen molar-refractivity contribution in [3.05, 3.63) is 34.5 Å². The summed E-state index contributed by atoms with van der Waals surface area (Å²) in [7, 11) is 1.68. The summed E-state index contributed by atoms with van der Waals surface area (Å²) in [6, 6.07) is 3.82. The molecule has 5 nitrogen and oxygen atoms in total. The Morgan fingerprint density at radius 3 is 2.75 bits per heavy atom. The fourth-order valence-corrected chi connectivity index (χ4v) is 2.47. The number of hydrogen-bond acceptors (Lipinski definition) is 4. The van der Waals surface area contributed by atoms with Crippen LogP contribution in [-0.4, -0.2) is 41.8 Å². The quantitative estimate of drug-likeness (QED) is 0.748. The number of likely N-dealkylation sites (N-methyl/N-ethyl adjacent to an activating group) is 2. The van der Waals surface area contributed by atoms with Crippen LogP contribution in [-0.2, 0) is 16.1 Å². The van der Waals surface area contributed by atoms with Crippen molar-refractivity contribution in [2.24, 2.45) is 0 Å². The average molecular weight is 291 g/mol. The van der Waals surface area contributed by atoms with Crippen LogP contribution in [0.3, 0.4) is 0 Å². The first-order chi connectivity index (χ1) is 9.51. The third-order valence-electron chi connectivity index (χ3n) is 2.80. The maximum atomic E-state index is 12.1. The van der Waals surface area contributed by atoms with Gasteiger partial charge >= 0.3 is 0 Å². The molecular formula is C14H17N3O2S. The van der Waals surface area contributed by atoms with Gasteiger partial charge in [-0.3, -0.25) is 9.59 Å². The SMILES string of the molecule is C=CC(=O)N(CC)CC(=O)N(C)Cc1cc(C#N)cs1. The Morgan fingerprint density at radius 1 is 1.55 bits per heavy atom. The van der Waals surface area contributed by atoms with Gasteiger partial charge < -0.3 is 9.80 Å². The molecule has 0 N–H and O–H groups in total. The third-order valence-corrected chi connectivity index (χ3v) is 3.72. The first-order valence-electron chi connectivity index (χ1n) is 6.14. The molecule has 6 heteroatoms. The van der Waals surface area contributed by atoms with E-state index in [2.05, 4.69) is 12.6 Å². The second-order valence-corrected chi connectivity index (χ2v) is 5.22. The van der Waals surface area contributed by atoms with E-state index in [4.69, 9.17) is 5.26 Å². The van der Waals surface area contributed by atoms with Gasteiger partial charge in [-0.05, 0) is 19.1 Å². The number of carbonyl (C=O) groups excluding carboxylic acids is 2. The molecule has 1 aromatic rings. The number of hydrogen-bond donors (Lipinski definition) is 0. The summed E-state index contributed by atoms with van der Waals surface area (Å²) in [6.07, 6.45) is 1.20. The van der Waals surface area contributed by atoms with Gasteiger partial charge in [0.2, 0.25) is 11.8 Å². The first kappa shape index (κ1) is 15.9. The fourth-order valence-electron chi connectivity index (χ4n) is 1.60. The molecule has 1 rings (SSSR count). The monoisotopic (exact) mass is 291 g/mol. The lowest BCUT2D eigenvalue weighted by molar-refractivity contribution is -0.137. The van der Waals surface area contributed by atoms with Gasteiger partial charge in [0.1, 0.15) is 6.07 Å². The largest absolute Gasteiger partial charge is 0.339 e. The normalized spacial score (nSPS) is 9.65. The minimum Gasteiger partial charge on any atom is -0.339 e. The second kappa shape index (κ2) is 7.46. The molecule has 0 saturated carbocycles. The number of rotatable bonds is 6. The predicted octanol–water partition coefficient (Wildman–Crippen LogP) is 1.61.